The molecule has 0 unspecified atom stereocenters. The van der Waals surface area contributed by atoms with Crippen LogP contribution in [0.25, 0.3) is 10.9 Å². The van der Waals surface area contributed by atoms with Crippen LogP contribution in [0, 0.1) is 6.92 Å². The lowest BCUT2D eigenvalue weighted by Crippen LogP contribution is -2.31. The number of fused-ring (bicyclic) bond motifs is 1. The minimum Gasteiger partial charge on any atom is -0.423 e. The second-order valence-electron chi connectivity index (χ2n) is 3.23. The second-order valence-corrected chi connectivity index (χ2v) is 3.58. The van der Waals surface area contributed by atoms with Gasteiger partial charge in [0.15, 0.2) is 5.15 Å². The van der Waals surface area contributed by atoms with Crippen LogP contribution in [-0.2, 0) is 0 Å². The fourth-order valence-electron chi connectivity index (χ4n) is 1.41. The van der Waals surface area contributed by atoms with E-state index < -0.39 is 7.12 Å². The molecule has 0 bridgehead atoms. The van der Waals surface area contributed by atoms with E-state index in [2.05, 4.69) is 9.97 Å². The Labute approximate surface area is 91.7 Å². The van der Waals surface area contributed by atoms with Gasteiger partial charge >= 0.3 is 7.12 Å². The molecule has 0 saturated heterocycles. The van der Waals surface area contributed by atoms with E-state index >= 15 is 0 Å². The molecule has 0 saturated carbocycles. The van der Waals surface area contributed by atoms with Gasteiger partial charge in [-0.2, -0.15) is 0 Å². The topological polar surface area (TPSA) is 66.2 Å². The van der Waals surface area contributed by atoms with Gasteiger partial charge in [-0.05, 0) is 13.0 Å². The van der Waals surface area contributed by atoms with E-state index in [-0.39, 0.29) is 5.15 Å². The Morgan fingerprint density at radius 2 is 2.07 bits per heavy atom. The fraction of sp³-hybridized carbons (Fsp3) is 0.111. The molecule has 0 atom stereocenters. The van der Waals surface area contributed by atoms with E-state index in [0.29, 0.717) is 16.4 Å². The molecule has 2 N–H and O–H groups in total. The van der Waals surface area contributed by atoms with Crippen LogP contribution in [0.15, 0.2) is 18.3 Å². The maximum absolute atomic E-state index is 9.13. The summed E-state index contributed by atoms with van der Waals surface area (Å²) in [5.74, 6) is 0. The Hall–Kier alpha value is -1.17. The Morgan fingerprint density at radius 1 is 1.33 bits per heavy atom. The molecular weight excluding hydrogens is 214 g/mol. The number of rotatable bonds is 1. The number of halogens is 1. The summed E-state index contributed by atoms with van der Waals surface area (Å²) in [5.41, 5.74) is 1.60. The van der Waals surface area contributed by atoms with Crippen LogP contribution in [0.1, 0.15) is 5.69 Å². The number of hydrogen-bond acceptors (Lipinski definition) is 4. The van der Waals surface area contributed by atoms with Crippen molar-refractivity contribution in [2.24, 2.45) is 0 Å². The van der Waals surface area contributed by atoms with Crippen molar-refractivity contribution in [2.75, 3.05) is 0 Å². The molecule has 6 heteroatoms. The van der Waals surface area contributed by atoms with Crippen molar-refractivity contribution in [1.29, 1.82) is 0 Å². The molecule has 0 radical (unpaired) electrons. The smallest absolute Gasteiger partial charge is 0.423 e. The first-order valence-corrected chi connectivity index (χ1v) is 4.75. The van der Waals surface area contributed by atoms with Crippen LogP contribution in [0.3, 0.4) is 0 Å². The maximum atomic E-state index is 9.13. The van der Waals surface area contributed by atoms with Crippen molar-refractivity contribution in [3.05, 3.63) is 29.2 Å². The van der Waals surface area contributed by atoms with Crippen molar-refractivity contribution in [2.45, 2.75) is 6.92 Å². The summed E-state index contributed by atoms with van der Waals surface area (Å²) < 4.78 is 0. The number of nitrogens with zero attached hydrogens (tertiary/aromatic N) is 2. The van der Waals surface area contributed by atoms with E-state index in [9.17, 15) is 0 Å². The summed E-state index contributed by atoms with van der Waals surface area (Å²) in [7, 11) is -1.57. The largest absolute Gasteiger partial charge is 0.490 e. The average molecular weight is 222 g/mol. The second kappa shape index (κ2) is 3.77. The predicted octanol–water partition coefficient (Wildman–Crippen LogP) is 0.271. The minimum absolute atomic E-state index is 0.262. The number of hydrogen-bond donors (Lipinski definition) is 2. The highest BCUT2D eigenvalue weighted by Gasteiger charge is 2.17. The third-order valence-corrected chi connectivity index (χ3v) is 2.41. The molecule has 0 amide bonds. The van der Waals surface area contributed by atoms with Gasteiger partial charge in [-0.15, -0.1) is 0 Å². The lowest BCUT2D eigenvalue weighted by atomic mass is 9.79. The zero-order valence-electron chi connectivity index (χ0n) is 7.98. The van der Waals surface area contributed by atoms with Gasteiger partial charge in [0.05, 0.1) is 0 Å². The zero-order valence-corrected chi connectivity index (χ0v) is 8.73. The van der Waals surface area contributed by atoms with Gasteiger partial charge in [-0.3, -0.25) is 0 Å². The van der Waals surface area contributed by atoms with Crippen molar-refractivity contribution < 1.29 is 10.0 Å². The normalized spacial score (nSPS) is 10.7. The molecule has 0 aliphatic heterocycles. The first-order valence-electron chi connectivity index (χ1n) is 4.37. The van der Waals surface area contributed by atoms with E-state index in [0.717, 1.165) is 5.69 Å². The van der Waals surface area contributed by atoms with Gasteiger partial charge in [0, 0.05) is 22.7 Å². The lowest BCUT2D eigenvalue weighted by Gasteiger charge is -2.06. The Balaban J connectivity index is 2.82. The summed E-state index contributed by atoms with van der Waals surface area (Å²) in [6.07, 6.45) is 1.34. The molecule has 15 heavy (non-hydrogen) atoms. The molecule has 0 aliphatic carbocycles. The highest BCUT2D eigenvalue weighted by atomic mass is 35.5. The van der Waals surface area contributed by atoms with Crippen LogP contribution in [0.4, 0.5) is 0 Å². The molecule has 0 aliphatic rings. The first kappa shape index (κ1) is 10.4. The summed E-state index contributed by atoms with van der Waals surface area (Å²) in [6, 6.07) is 3.53. The van der Waals surface area contributed by atoms with Gasteiger partial charge in [-0.1, -0.05) is 17.7 Å². The minimum atomic E-state index is -1.57. The van der Waals surface area contributed by atoms with E-state index in [1.807, 2.05) is 6.92 Å². The highest BCUT2D eigenvalue weighted by Crippen LogP contribution is 2.17. The number of aromatic nitrogens is 2. The van der Waals surface area contributed by atoms with Crippen molar-refractivity contribution in [3.8, 4) is 0 Å². The Bertz CT molecular complexity index is 519. The van der Waals surface area contributed by atoms with Crippen LogP contribution in [0.5, 0.6) is 0 Å². The first-order chi connectivity index (χ1) is 7.09. The summed E-state index contributed by atoms with van der Waals surface area (Å²) in [5, 5.41) is 19.1. The van der Waals surface area contributed by atoms with Gasteiger partial charge in [0.1, 0.15) is 5.52 Å². The summed E-state index contributed by atoms with van der Waals surface area (Å²) in [4.78, 5) is 8.05. The molecule has 0 spiro atoms. The van der Waals surface area contributed by atoms with Gasteiger partial charge in [-0.25, -0.2) is 9.97 Å². The third-order valence-electron chi connectivity index (χ3n) is 2.14. The predicted molar refractivity (Wildman–Crippen MR) is 59.1 cm³/mol. The molecule has 4 nitrogen and oxygen atoms in total. The highest BCUT2D eigenvalue weighted by molar-refractivity contribution is 6.62. The van der Waals surface area contributed by atoms with E-state index in [1.165, 1.54) is 6.20 Å². The molecule has 2 aromatic heterocycles. The van der Waals surface area contributed by atoms with Crippen LogP contribution in [0.2, 0.25) is 5.15 Å². The standard InChI is InChI=1S/C9H8BClN2O2/c1-5-2-3-6-7(10(14)15)4-12-9(11)8(6)13-5/h2-4,14-15H,1H3. The lowest BCUT2D eigenvalue weighted by molar-refractivity contribution is 0.426. The molecule has 2 aromatic rings. The molecule has 2 heterocycles. The Kier molecular flexibility index (Phi) is 2.60. The van der Waals surface area contributed by atoms with Crippen molar-refractivity contribution in [1.82, 2.24) is 9.97 Å². The average Bonchev–Trinajstić information content (AvgIpc) is 2.19. The zero-order chi connectivity index (χ0) is 11.0. The van der Waals surface area contributed by atoms with Gasteiger partial charge < -0.3 is 10.0 Å². The van der Waals surface area contributed by atoms with Gasteiger partial charge in [0.2, 0.25) is 0 Å². The monoisotopic (exact) mass is 222 g/mol. The Morgan fingerprint density at radius 3 is 2.73 bits per heavy atom. The fourth-order valence-corrected chi connectivity index (χ4v) is 1.60. The van der Waals surface area contributed by atoms with Crippen LogP contribution < -0.4 is 5.46 Å². The van der Waals surface area contributed by atoms with E-state index in [4.69, 9.17) is 21.6 Å². The maximum Gasteiger partial charge on any atom is 0.490 e. The SMILES string of the molecule is Cc1ccc2c(B(O)O)cnc(Cl)c2n1. The van der Waals surface area contributed by atoms with Gasteiger partial charge in [0.25, 0.3) is 0 Å². The van der Waals surface area contributed by atoms with Crippen molar-refractivity contribution in [3.63, 3.8) is 0 Å². The molecule has 0 aromatic carbocycles. The molecular formula is C9H8BClN2O2. The summed E-state index contributed by atoms with van der Waals surface area (Å²) in [6.45, 7) is 1.83. The van der Waals surface area contributed by atoms with Crippen molar-refractivity contribution >= 4 is 35.1 Å². The quantitative estimate of drug-likeness (QED) is 0.537. The number of pyridine rings is 2. The van der Waals surface area contributed by atoms with Crippen LogP contribution >= 0.6 is 11.6 Å². The third kappa shape index (κ3) is 1.81. The van der Waals surface area contributed by atoms with E-state index in [1.54, 1.807) is 12.1 Å². The molecule has 76 valence electrons. The number of aryl methyl sites for hydroxylation is 1. The van der Waals surface area contributed by atoms with Crippen LogP contribution in [-0.4, -0.2) is 27.1 Å². The summed E-state index contributed by atoms with van der Waals surface area (Å²) >= 11 is 5.87. The molecule has 0 fully saturated rings. The molecule has 2 rings (SSSR count).